The first-order chi connectivity index (χ1) is 17.8. The molecule has 2 aromatic rings. The van der Waals surface area contributed by atoms with E-state index in [1.165, 1.54) is 11.8 Å². The number of carbonyl (C=O) groups excluding carboxylic acids is 2. The van der Waals surface area contributed by atoms with Crippen LogP contribution in [0.25, 0.3) is 0 Å². The van der Waals surface area contributed by atoms with Crippen LogP contribution in [-0.2, 0) is 19.4 Å². The van der Waals surface area contributed by atoms with Gasteiger partial charge in [-0.15, -0.1) is 0 Å². The largest absolute Gasteiger partial charge is 0.455 e. The van der Waals surface area contributed by atoms with Crippen molar-refractivity contribution in [3.8, 4) is 11.5 Å². The second-order valence-electron chi connectivity index (χ2n) is 10.2. The molecule has 2 saturated heterocycles. The molecule has 2 aliphatic rings. The number of sulfone groups is 1. The Morgan fingerprint density at radius 2 is 1.95 bits per heavy atom. The van der Waals surface area contributed by atoms with Gasteiger partial charge in [-0.2, -0.15) is 4.99 Å². The van der Waals surface area contributed by atoms with E-state index in [1.807, 2.05) is 31.2 Å². The van der Waals surface area contributed by atoms with Crippen LogP contribution < -0.4 is 15.0 Å². The minimum Gasteiger partial charge on any atom is -0.455 e. The van der Waals surface area contributed by atoms with Crippen LogP contribution in [0.3, 0.4) is 0 Å². The number of alkyl carbamates (subject to hydrolysis) is 1. The maximum Gasteiger partial charge on any atom is 0.407 e. The fourth-order valence-corrected chi connectivity index (χ4v) is 8.26. The van der Waals surface area contributed by atoms with E-state index >= 15 is 0 Å². The molecule has 0 aromatic heterocycles. The van der Waals surface area contributed by atoms with E-state index in [1.54, 1.807) is 43.9 Å². The first kappa shape index (κ1) is 28.3. The average Bonchev–Trinajstić information content (AvgIpc) is 3.24. The van der Waals surface area contributed by atoms with Crippen LogP contribution in [0.15, 0.2) is 47.5 Å². The number of halogens is 1. The van der Waals surface area contributed by atoms with Gasteiger partial charge in [0.2, 0.25) is 5.91 Å². The number of amides is 2. The zero-order valence-corrected chi connectivity index (χ0v) is 24.0. The van der Waals surface area contributed by atoms with Gasteiger partial charge in [-0.25, -0.2) is 13.2 Å². The van der Waals surface area contributed by atoms with Crippen LogP contribution in [0, 0.1) is 6.92 Å². The maximum absolute atomic E-state index is 12.8. The highest BCUT2D eigenvalue weighted by atomic mass is 35.5. The summed E-state index contributed by atoms with van der Waals surface area (Å²) in [4.78, 5) is 30.7. The Labute approximate surface area is 231 Å². The number of anilines is 1. The highest BCUT2D eigenvalue weighted by Crippen LogP contribution is 2.45. The number of ether oxygens (including phenoxy) is 2. The zero-order valence-electron chi connectivity index (χ0n) is 21.6. The summed E-state index contributed by atoms with van der Waals surface area (Å²) in [7, 11) is -3.26. The Hall–Kier alpha value is -2.76. The van der Waals surface area contributed by atoms with E-state index in [2.05, 4.69) is 10.3 Å². The van der Waals surface area contributed by atoms with Crippen molar-refractivity contribution in [1.82, 2.24) is 5.32 Å². The van der Waals surface area contributed by atoms with Gasteiger partial charge in [0, 0.05) is 23.2 Å². The molecular formula is C26H30ClN3O6S2. The molecule has 9 nitrogen and oxygen atoms in total. The summed E-state index contributed by atoms with van der Waals surface area (Å²) in [6, 6.07) is 12.2. The summed E-state index contributed by atoms with van der Waals surface area (Å²) in [6.07, 6.45) is -0.668. The van der Waals surface area contributed by atoms with E-state index < -0.39 is 33.5 Å². The highest BCUT2D eigenvalue weighted by Gasteiger charge is 2.50. The molecule has 0 aliphatic carbocycles. The van der Waals surface area contributed by atoms with Crippen molar-refractivity contribution in [3.05, 3.63) is 53.1 Å². The lowest BCUT2D eigenvalue weighted by atomic mass is 10.2. The summed E-state index contributed by atoms with van der Waals surface area (Å²) >= 11 is 7.60. The number of rotatable bonds is 6. The van der Waals surface area contributed by atoms with Crippen LogP contribution in [0.4, 0.5) is 10.5 Å². The van der Waals surface area contributed by atoms with Gasteiger partial charge in [0.1, 0.15) is 11.4 Å². The molecule has 12 heteroatoms. The van der Waals surface area contributed by atoms with Crippen molar-refractivity contribution >= 4 is 56.1 Å². The quantitative estimate of drug-likeness (QED) is 0.511. The van der Waals surface area contributed by atoms with Gasteiger partial charge < -0.3 is 19.7 Å². The second kappa shape index (κ2) is 11.2. The summed E-state index contributed by atoms with van der Waals surface area (Å²) in [5.74, 6) is 0.519. The van der Waals surface area contributed by atoms with Crippen molar-refractivity contribution in [1.29, 1.82) is 0 Å². The number of nitrogens with one attached hydrogen (secondary N) is 1. The molecule has 0 spiro atoms. The molecule has 204 valence electrons. The summed E-state index contributed by atoms with van der Waals surface area (Å²) in [5.41, 5.74) is 0.891. The molecule has 2 aromatic carbocycles. The van der Waals surface area contributed by atoms with Crippen LogP contribution in [-0.4, -0.2) is 60.5 Å². The molecule has 0 radical (unpaired) electrons. The lowest BCUT2D eigenvalue weighted by molar-refractivity contribution is -0.117. The lowest BCUT2D eigenvalue weighted by Gasteiger charge is -2.27. The summed E-state index contributed by atoms with van der Waals surface area (Å²) in [6.45, 7) is 7.25. The monoisotopic (exact) mass is 579 g/mol. The molecule has 2 aliphatic heterocycles. The topological polar surface area (TPSA) is 114 Å². The van der Waals surface area contributed by atoms with Crippen LogP contribution in [0.1, 0.15) is 32.8 Å². The third kappa shape index (κ3) is 7.21. The SMILES string of the molecule is Cc1cccc(Oc2ccc(Cl)cc2N2C(=NC(=O)CCNC(=O)OC(C)(C)C)S[C@H]3CS(=O)(=O)C[C@H]32)c1. The molecule has 0 bridgehead atoms. The minimum atomic E-state index is -3.26. The average molecular weight is 580 g/mol. The number of fused-ring (bicyclic) bond motifs is 1. The summed E-state index contributed by atoms with van der Waals surface area (Å²) < 4.78 is 36.3. The Balaban J connectivity index is 1.60. The fraction of sp³-hybridized carbons (Fsp3) is 0.423. The number of hydrogen-bond acceptors (Lipinski definition) is 7. The molecule has 2 fully saturated rings. The predicted molar refractivity (Wildman–Crippen MR) is 150 cm³/mol. The van der Waals surface area contributed by atoms with Crippen LogP contribution >= 0.6 is 23.4 Å². The van der Waals surface area contributed by atoms with Gasteiger partial charge in [0.15, 0.2) is 20.8 Å². The number of thioether (sulfide) groups is 1. The first-order valence-electron chi connectivity index (χ1n) is 12.1. The van der Waals surface area contributed by atoms with Crippen molar-refractivity contribution in [2.24, 2.45) is 4.99 Å². The van der Waals surface area contributed by atoms with Gasteiger partial charge in [-0.1, -0.05) is 35.5 Å². The third-order valence-electron chi connectivity index (χ3n) is 5.69. The van der Waals surface area contributed by atoms with Crippen molar-refractivity contribution in [2.45, 2.75) is 51.0 Å². The lowest BCUT2D eigenvalue weighted by Crippen LogP contribution is -2.38. The third-order valence-corrected chi connectivity index (χ3v) is 9.14. The Kier molecular flexibility index (Phi) is 8.29. The Morgan fingerprint density at radius 1 is 1.18 bits per heavy atom. The zero-order chi connectivity index (χ0) is 27.7. The number of aliphatic imine (C=N–C) groups is 1. The molecule has 38 heavy (non-hydrogen) atoms. The van der Waals surface area contributed by atoms with Crippen molar-refractivity contribution < 1.29 is 27.5 Å². The normalized spacial score (nSPS) is 21.3. The van der Waals surface area contributed by atoms with Crippen LogP contribution in [0.5, 0.6) is 11.5 Å². The molecule has 0 unspecified atom stereocenters. The number of benzene rings is 2. The van der Waals surface area contributed by atoms with Gasteiger partial charge in [0.25, 0.3) is 0 Å². The highest BCUT2D eigenvalue weighted by molar-refractivity contribution is 8.16. The number of aryl methyl sites for hydroxylation is 1. The van der Waals surface area contributed by atoms with Crippen molar-refractivity contribution in [3.63, 3.8) is 0 Å². The van der Waals surface area contributed by atoms with Crippen molar-refractivity contribution in [2.75, 3.05) is 23.0 Å². The Morgan fingerprint density at radius 3 is 2.66 bits per heavy atom. The minimum absolute atomic E-state index is 0.0130. The fourth-order valence-electron chi connectivity index (χ4n) is 4.17. The molecular weight excluding hydrogens is 550 g/mol. The molecule has 2 heterocycles. The molecule has 2 amide bonds. The number of hydrogen-bond donors (Lipinski definition) is 1. The molecule has 4 rings (SSSR count). The number of amidine groups is 1. The standard InChI is InChI=1S/C26H30ClN3O6S2/c1-16-6-5-7-18(12-16)35-21-9-8-17(27)13-19(21)30-20-14-38(33,34)15-22(20)37-24(30)29-23(31)10-11-28-25(32)36-26(2,3)4/h5-9,12-13,20,22H,10-11,14-15H2,1-4H3,(H,28,32)/t20-,22+/m1/s1. The van der Waals surface area contributed by atoms with Crippen LogP contribution in [0.2, 0.25) is 5.02 Å². The van der Waals surface area contributed by atoms with E-state index in [0.29, 0.717) is 27.4 Å². The van der Waals surface area contributed by atoms with Gasteiger partial charge in [0.05, 0.1) is 23.2 Å². The second-order valence-corrected chi connectivity index (χ2v) is 14.0. The molecule has 0 saturated carbocycles. The first-order valence-corrected chi connectivity index (χ1v) is 15.2. The summed E-state index contributed by atoms with van der Waals surface area (Å²) in [5, 5.41) is 3.05. The van der Waals surface area contributed by atoms with E-state index in [-0.39, 0.29) is 29.7 Å². The van der Waals surface area contributed by atoms with E-state index in [9.17, 15) is 18.0 Å². The number of carbonyl (C=O) groups is 2. The van der Waals surface area contributed by atoms with E-state index in [0.717, 1.165) is 5.56 Å². The molecule has 2 atom stereocenters. The Bertz CT molecular complexity index is 1370. The van der Waals surface area contributed by atoms with E-state index in [4.69, 9.17) is 21.1 Å². The predicted octanol–water partition coefficient (Wildman–Crippen LogP) is 4.96. The van der Waals surface area contributed by atoms with Gasteiger partial charge >= 0.3 is 6.09 Å². The van der Waals surface area contributed by atoms with Gasteiger partial charge in [-0.3, -0.25) is 4.79 Å². The smallest absolute Gasteiger partial charge is 0.407 e. The molecule has 1 N–H and O–H groups in total. The van der Waals surface area contributed by atoms with Gasteiger partial charge in [-0.05, 0) is 63.6 Å². The number of nitrogens with zero attached hydrogens (tertiary/aromatic N) is 2. The maximum atomic E-state index is 12.8.